The number of aryl methyl sites for hydroxylation is 1. The van der Waals surface area contributed by atoms with Crippen LogP contribution >= 0.6 is 0 Å². The van der Waals surface area contributed by atoms with Crippen molar-refractivity contribution in [3.63, 3.8) is 0 Å². The van der Waals surface area contributed by atoms with Crippen LogP contribution in [0.4, 0.5) is 0 Å². The maximum absolute atomic E-state index is 12.6. The fourth-order valence-electron chi connectivity index (χ4n) is 2.85. The molecule has 0 aliphatic heterocycles. The summed E-state index contributed by atoms with van der Waals surface area (Å²) in [4.78, 5) is 37.4. The lowest BCUT2D eigenvalue weighted by molar-refractivity contribution is -0.124. The van der Waals surface area contributed by atoms with Crippen LogP contribution in [0.3, 0.4) is 0 Å². The summed E-state index contributed by atoms with van der Waals surface area (Å²) in [6.45, 7) is 11.9. The van der Waals surface area contributed by atoms with Crippen LogP contribution in [0, 0.1) is 12.8 Å². The van der Waals surface area contributed by atoms with Crippen LogP contribution < -0.4 is 16.2 Å². The topological polar surface area (TPSA) is 87.3 Å². The first-order chi connectivity index (χ1) is 14.0. The van der Waals surface area contributed by atoms with Crippen LogP contribution in [-0.4, -0.2) is 23.8 Å². The van der Waals surface area contributed by atoms with Gasteiger partial charge in [0.1, 0.15) is 6.04 Å². The molecule has 2 aromatic carbocycles. The fraction of sp³-hybridized carbons (Fsp3) is 0.375. The summed E-state index contributed by atoms with van der Waals surface area (Å²) in [5, 5.41) is 2.76. The number of hydrogen-bond acceptors (Lipinski definition) is 3. The molecule has 0 radical (unpaired) electrons. The van der Waals surface area contributed by atoms with E-state index in [1.165, 1.54) is 0 Å². The van der Waals surface area contributed by atoms with E-state index < -0.39 is 17.9 Å². The summed E-state index contributed by atoms with van der Waals surface area (Å²) < 4.78 is 0. The lowest BCUT2D eigenvalue weighted by Crippen LogP contribution is -2.54. The monoisotopic (exact) mass is 409 g/mol. The van der Waals surface area contributed by atoms with Crippen molar-refractivity contribution >= 4 is 17.7 Å². The molecule has 0 saturated carbocycles. The van der Waals surface area contributed by atoms with Gasteiger partial charge in [0.2, 0.25) is 0 Å². The van der Waals surface area contributed by atoms with Crippen LogP contribution in [0.2, 0.25) is 0 Å². The number of rotatable bonds is 5. The molecule has 30 heavy (non-hydrogen) atoms. The second-order valence-electron chi connectivity index (χ2n) is 8.83. The number of nitrogens with one attached hydrogen (secondary N) is 3. The quantitative estimate of drug-likeness (QED) is 0.661. The van der Waals surface area contributed by atoms with E-state index in [9.17, 15) is 14.4 Å². The van der Waals surface area contributed by atoms with Gasteiger partial charge in [0.15, 0.2) is 0 Å². The zero-order valence-corrected chi connectivity index (χ0v) is 18.5. The number of carbonyl (C=O) groups excluding carboxylic acids is 3. The van der Waals surface area contributed by atoms with Gasteiger partial charge in [0.25, 0.3) is 17.7 Å². The van der Waals surface area contributed by atoms with E-state index in [2.05, 4.69) is 36.9 Å². The van der Waals surface area contributed by atoms with E-state index in [-0.39, 0.29) is 17.2 Å². The van der Waals surface area contributed by atoms with Crippen molar-refractivity contribution < 1.29 is 14.4 Å². The molecule has 0 spiro atoms. The molecule has 0 fully saturated rings. The highest BCUT2D eigenvalue weighted by Gasteiger charge is 2.25. The summed E-state index contributed by atoms with van der Waals surface area (Å²) >= 11 is 0. The molecule has 3 amide bonds. The molecule has 1 atom stereocenters. The van der Waals surface area contributed by atoms with Crippen molar-refractivity contribution in [1.29, 1.82) is 0 Å². The molecular formula is C24H31N3O3. The highest BCUT2D eigenvalue weighted by molar-refractivity contribution is 5.99. The van der Waals surface area contributed by atoms with E-state index in [1.807, 2.05) is 45.0 Å². The summed E-state index contributed by atoms with van der Waals surface area (Å²) in [7, 11) is 0. The van der Waals surface area contributed by atoms with E-state index >= 15 is 0 Å². The summed E-state index contributed by atoms with van der Waals surface area (Å²) in [5.41, 5.74) is 7.87. The third-order valence-corrected chi connectivity index (χ3v) is 4.86. The molecule has 2 aromatic rings. The number of hydrogen-bond donors (Lipinski definition) is 3. The smallest absolute Gasteiger partial charge is 0.269 e. The maximum atomic E-state index is 12.6. The van der Waals surface area contributed by atoms with Crippen molar-refractivity contribution in [2.24, 2.45) is 5.92 Å². The highest BCUT2D eigenvalue weighted by Crippen LogP contribution is 2.22. The first-order valence-electron chi connectivity index (χ1n) is 10.1. The molecule has 0 bridgehead atoms. The third kappa shape index (κ3) is 6.17. The molecule has 0 aliphatic rings. The first-order valence-corrected chi connectivity index (χ1v) is 10.1. The van der Waals surface area contributed by atoms with Gasteiger partial charge in [-0.1, -0.05) is 64.4 Å². The Hall–Kier alpha value is -3.15. The van der Waals surface area contributed by atoms with Crippen LogP contribution in [0.25, 0.3) is 0 Å². The van der Waals surface area contributed by atoms with Crippen molar-refractivity contribution in [2.75, 3.05) is 0 Å². The summed E-state index contributed by atoms with van der Waals surface area (Å²) in [6.07, 6.45) is 0. The molecule has 0 heterocycles. The highest BCUT2D eigenvalue weighted by atomic mass is 16.2. The van der Waals surface area contributed by atoms with E-state index in [0.29, 0.717) is 11.1 Å². The Labute approximate surface area is 178 Å². The molecule has 0 aliphatic carbocycles. The van der Waals surface area contributed by atoms with Crippen LogP contribution in [0.15, 0.2) is 48.5 Å². The standard InChI is InChI=1S/C24H31N3O3/c1-15(2)20(23(30)27-26-22(29)18-9-7-16(3)8-10-18)25-21(28)17-11-13-19(14-12-17)24(4,5)6/h7-15,20H,1-6H3,(H,25,28)(H,26,29)(H,27,30). The molecule has 0 aromatic heterocycles. The molecule has 3 N–H and O–H groups in total. The second kappa shape index (κ2) is 9.57. The Balaban J connectivity index is 2.00. The lowest BCUT2D eigenvalue weighted by atomic mass is 9.86. The number of carbonyl (C=O) groups is 3. The molecule has 6 heteroatoms. The zero-order valence-electron chi connectivity index (χ0n) is 18.5. The first kappa shape index (κ1) is 23.1. The number of amides is 3. The Kier molecular flexibility index (Phi) is 7.38. The van der Waals surface area contributed by atoms with Gasteiger partial charge in [0.05, 0.1) is 0 Å². The minimum absolute atomic E-state index is 0.00891. The Morgan fingerprint density at radius 3 is 1.77 bits per heavy atom. The largest absolute Gasteiger partial charge is 0.340 e. The average Bonchev–Trinajstić information content (AvgIpc) is 2.69. The van der Waals surface area contributed by atoms with Gasteiger partial charge in [-0.15, -0.1) is 0 Å². The fourth-order valence-corrected chi connectivity index (χ4v) is 2.85. The maximum Gasteiger partial charge on any atom is 0.269 e. The minimum atomic E-state index is -0.793. The molecule has 0 saturated heterocycles. The zero-order chi connectivity index (χ0) is 22.5. The van der Waals surface area contributed by atoms with Crippen molar-refractivity contribution in [3.05, 3.63) is 70.8 Å². The van der Waals surface area contributed by atoms with Gasteiger partial charge in [0, 0.05) is 11.1 Å². The van der Waals surface area contributed by atoms with Gasteiger partial charge < -0.3 is 5.32 Å². The van der Waals surface area contributed by atoms with E-state index in [1.54, 1.807) is 24.3 Å². The SMILES string of the molecule is Cc1ccc(C(=O)NNC(=O)C(NC(=O)c2ccc(C(C)(C)C)cc2)C(C)C)cc1. The van der Waals surface area contributed by atoms with Gasteiger partial charge in [-0.25, -0.2) is 0 Å². The predicted molar refractivity (Wildman–Crippen MR) is 118 cm³/mol. The van der Waals surface area contributed by atoms with Crippen LogP contribution in [0.5, 0.6) is 0 Å². The van der Waals surface area contributed by atoms with Gasteiger partial charge in [-0.2, -0.15) is 0 Å². The predicted octanol–water partition coefficient (Wildman–Crippen LogP) is 3.51. The van der Waals surface area contributed by atoms with Crippen molar-refractivity contribution in [1.82, 2.24) is 16.2 Å². The van der Waals surface area contributed by atoms with E-state index in [0.717, 1.165) is 11.1 Å². The Morgan fingerprint density at radius 1 is 0.767 bits per heavy atom. The normalized spacial score (nSPS) is 12.2. The molecular weight excluding hydrogens is 378 g/mol. The van der Waals surface area contributed by atoms with E-state index in [4.69, 9.17) is 0 Å². The number of benzene rings is 2. The lowest BCUT2D eigenvalue weighted by Gasteiger charge is -2.22. The summed E-state index contributed by atoms with van der Waals surface area (Å²) in [5.74, 6) is -1.41. The molecule has 2 rings (SSSR count). The van der Waals surface area contributed by atoms with Gasteiger partial charge >= 0.3 is 0 Å². The number of hydrazine groups is 1. The minimum Gasteiger partial charge on any atom is -0.340 e. The second-order valence-corrected chi connectivity index (χ2v) is 8.83. The Morgan fingerprint density at radius 2 is 1.27 bits per heavy atom. The van der Waals surface area contributed by atoms with Crippen molar-refractivity contribution in [2.45, 2.75) is 53.0 Å². The average molecular weight is 410 g/mol. The third-order valence-electron chi connectivity index (χ3n) is 4.86. The molecule has 1 unspecified atom stereocenters. The molecule has 6 nitrogen and oxygen atoms in total. The Bertz CT molecular complexity index is 895. The molecule has 160 valence electrons. The van der Waals surface area contributed by atoms with Gasteiger partial charge in [-0.3, -0.25) is 25.2 Å². The van der Waals surface area contributed by atoms with Crippen LogP contribution in [0.1, 0.15) is 66.5 Å². The van der Waals surface area contributed by atoms with Crippen molar-refractivity contribution in [3.8, 4) is 0 Å². The summed E-state index contributed by atoms with van der Waals surface area (Å²) in [6, 6.07) is 13.5. The van der Waals surface area contributed by atoms with Gasteiger partial charge in [-0.05, 0) is 48.1 Å². The van der Waals surface area contributed by atoms with Crippen LogP contribution in [-0.2, 0) is 10.2 Å².